The zero-order valence-corrected chi connectivity index (χ0v) is 19.9. The largest absolute Gasteiger partial charge is 0.432 e. The molecular weight excluding hydrogens is 404 g/mol. The number of benzene rings is 2. The van der Waals surface area contributed by atoms with Crippen LogP contribution in [0.4, 0.5) is 0 Å². The van der Waals surface area contributed by atoms with E-state index in [0.29, 0.717) is 24.0 Å². The highest BCUT2D eigenvalue weighted by Crippen LogP contribution is 2.30. The van der Waals surface area contributed by atoms with Crippen LogP contribution in [0.3, 0.4) is 0 Å². The van der Waals surface area contributed by atoms with Crippen LogP contribution >= 0.6 is 0 Å². The summed E-state index contributed by atoms with van der Waals surface area (Å²) >= 11 is 0. The predicted octanol–water partition coefficient (Wildman–Crippen LogP) is 6.68. The highest BCUT2D eigenvalue weighted by molar-refractivity contribution is 5.90. The number of carbonyl (C=O) groups excluding carboxylic acids is 2. The van der Waals surface area contributed by atoms with Gasteiger partial charge in [0, 0.05) is 12.8 Å². The van der Waals surface area contributed by atoms with Crippen LogP contribution in [0.15, 0.2) is 70.9 Å². The third-order valence-electron chi connectivity index (χ3n) is 4.69. The summed E-state index contributed by atoms with van der Waals surface area (Å²) in [6.07, 6.45) is 0.943. The van der Waals surface area contributed by atoms with Gasteiger partial charge < -0.3 is 9.47 Å². The Morgan fingerprint density at radius 3 is 1.28 bits per heavy atom. The standard InChI is InChI=1S/C26H34N2O4/c1-19(2)17-25(5,31-23(29)21-13-9-7-10-14-21)27-28-26(6,18-20(3)4)32-24(30)22-15-11-8-12-16-22/h7-16,19-20H,17-18H2,1-6H3. The first-order valence-electron chi connectivity index (χ1n) is 11.0. The van der Waals surface area contributed by atoms with Gasteiger partial charge >= 0.3 is 11.9 Å². The van der Waals surface area contributed by atoms with Crippen molar-refractivity contribution >= 4 is 11.9 Å². The van der Waals surface area contributed by atoms with Gasteiger partial charge in [-0.05, 0) is 49.9 Å². The van der Waals surface area contributed by atoms with Gasteiger partial charge in [0.25, 0.3) is 0 Å². The smallest absolute Gasteiger partial charge is 0.340 e. The Kier molecular flexibility index (Phi) is 8.70. The van der Waals surface area contributed by atoms with Gasteiger partial charge in [-0.2, -0.15) is 0 Å². The molecule has 172 valence electrons. The first-order valence-corrected chi connectivity index (χ1v) is 11.0. The summed E-state index contributed by atoms with van der Waals surface area (Å²) < 4.78 is 11.6. The molecule has 0 radical (unpaired) electrons. The minimum Gasteiger partial charge on any atom is -0.432 e. The Hall–Kier alpha value is -3.02. The quantitative estimate of drug-likeness (QED) is 0.306. The van der Waals surface area contributed by atoms with Crippen molar-refractivity contribution in [1.29, 1.82) is 0 Å². The van der Waals surface area contributed by atoms with Gasteiger partial charge in [0.2, 0.25) is 11.4 Å². The molecule has 0 aliphatic heterocycles. The van der Waals surface area contributed by atoms with Crippen LogP contribution in [0.5, 0.6) is 0 Å². The fourth-order valence-corrected chi connectivity index (χ4v) is 3.60. The Morgan fingerprint density at radius 2 is 1.00 bits per heavy atom. The highest BCUT2D eigenvalue weighted by atomic mass is 16.6. The van der Waals surface area contributed by atoms with E-state index in [1.165, 1.54) is 0 Å². The second kappa shape index (κ2) is 11.0. The molecular formula is C26H34N2O4. The minimum atomic E-state index is -1.20. The van der Waals surface area contributed by atoms with Crippen LogP contribution in [-0.4, -0.2) is 23.4 Å². The lowest BCUT2D eigenvalue weighted by Gasteiger charge is -2.30. The molecule has 2 rings (SSSR count). The van der Waals surface area contributed by atoms with E-state index in [-0.39, 0.29) is 11.8 Å². The second-order valence-corrected chi connectivity index (χ2v) is 9.26. The molecule has 0 amide bonds. The van der Waals surface area contributed by atoms with E-state index in [0.717, 1.165) is 0 Å². The van der Waals surface area contributed by atoms with Crippen LogP contribution in [0.1, 0.15) is 75.1 Å². The summed E-state index contributed by atoms with van der Waals surface area (Å²) in [7, 11) is 0. The molecule has 0 saturated heterocycles. The number of nitrogens with zero attached hydrogens (tertiary/aromatic N) is 2. The number of esters is 2. The molecule has 0 aromatic heterocycles. The minimum absolute atomic E-state index is 0.200. The Balaban J connectivity index is 2.29. The maximum absolute atomic E-state index is 12.7. The molecule has 2 aromatic rings. The van der Waals surface area contributed by atoms with Crippen LogP contribution in [0.25, 0.3) is 0 Å². The maximum atomic E-state index is 12.7. The van der Waals surface area contributed by atoms with E-state index in [1.807, 2.05) is 39.8 Å². The van der Waals surface area contributed by atoms with Crippen molar-refractivity contribution in [2.75, 3.05) is 0 Å². The molecule has 0 N–H and O–H groups in total. The van der Waals surface area contributed by atoms with Crippen molar-refractivity contribution in [2.24, 2.45) is 22.1 Å². The third kappa shape index (κ3) is 7.91. The average molecular weight is 439 g/mol. The van der Waals surface area contributed by atoms with Gasteiger partial charge in [0.15, 0.2) is 0 Å². The van der Waals surface area contributed by atoms with Crippen molar-refractivity contribution in [1.82, 2.24) is 0 Å². The summed E-state index contributed by atoms with van der Waals surface area (Å²) in [5, 5.41) is 8.88. The van der Waals surface area contributed by atoms with Gasteiger partial charge in [-0.1, -0.05) is 64.1 Å². The van der Waals surface area contributed by atoms with Gasteiger partial charge in [-0.15, -0.1) is 10.2 Å². The van der Waals surface area contributed by atoms with Gasteiger partial charge in [-0.3, -0.25) is 0 Å². The van der Waals surface area contributed by atoms with E-state index < -0.39 is 23.4 Å². The first-order chi connectivity index (χ1) is 15.0. The summed E-state index contributed by atoms with van der Waals surface area (Å²) in [5.74, 6) is -0.546. The van der Waals surface area contributed by atoms with E-state index in [9.17, 15) is 9.59 Å². The van der Waals surface area contributed by atoms with Gasteiger partial charge in [0.1, 0.15) is 0 Å². The zero-order chi connectivity index (χ0) is 23.8. The van der Waals surface area contributed by atoms with E-state index >= 15 is 0 Å². The summed E-state index contributed by atoms with van der Waals surface area (Å²) in [6.45, 7) is 11.5. The van der Waals surface area contributed by atoms with Crippen LogP contribution in [-0.2, 0) is 9.47 Å². The summed E-state index contributed by atoms with van der Waals surface area (Å²) in [4.78, 5) is 25.4. The third-order valence-corrected chi connectivity index (χ3v) is 4.69. The van der Waals surface area contributed by atoms with Crippen molar-refractivity contribution in [2.45, 2.75) is 65.8 Å². The van der Waals surface area contributed by atoms with Crippen molar-refractivity contribution in [3.63, 3.8) is 0 Å². The molecule has 2 aromatic carbocycles. The van der Waals surface area contributed by atoms with E-state index in [4.69, 9.17) is 9.47 Å². The Morgan fingerprint density at radius 1 is 0.688 bits per heavy atom. The molecule has 6 nitrogen and oxygen atoms in total. The maximum Gasteiger partial charge on any atom is 0.340 e. The second-order valence-electron chi connectivity index (χ2n) is 9.26. The lowest BCUT2D eigenvalue weighted by atomic mass is 10.0. The molecule has 0 aliphatic rings. The molecule has 2 unspecified atom stereocenters. The van der Waals surface area contributed by atoms with Crippen molar-refractivity contribution in [3.8, 4) is 0 Å². The normalized spacial score (nSPS) is 15.4. The average Bonchev–Trinajstić information content (AvgIpc) is 2.72. The molecule has 0 fully saturated rings. The molecule has 6 heteroatoms. The monoisotopic (exact) mass is 438 g/mol. The molecule has 32 heavy (non-hydrogen) atoms. The molecule has 0 aliphatic carbocycles. The topological polar surface area (TPSA) is 77.3 Å². The lowest BCUT2D eigenvalue weighted by molar-refractivity contribution is -0.0397. The number of azo groups is 1. The number of hydrogen-bond acceptors (Lipinski definition) is 6. The molecule has 0 spiro atoms. The van der Waals surface area contributed by atoms with Crippen LogP contribution in [0.2, 0.25) is 0 Å². The van der Waals surface area contributed by atoms with Crippen molar-refractivity contribution < 1.29 is 19.1 Å². The molecule has 0 heterocycles. The SMILES string of the molecule is CC(C)CC(C)(N=NC(C)(CC(C)C)OC(=O)c1ccccc1)OC(=O)c1ccccc1. The molecule has 0 saturated carbocycles. The number of rotatable bonds is 10. The molecule has 2 atom stereocenters. The van der Waals surface area contributed by atoms with Crippen LogP contribution < -0.4 is 0 Å². The predicted molar refractivity (Wildman–Crippen MR) is 124 cm³/mol. The van der Waals surface area contributed by atoms with E-state index in [1.54, 1.807) is 62.4 Å². The number of hydrogen-bond donors (Lipinski definition) is 0. The van der Waals surface area contributed by atoms with E-state index in [2.05, 4.69) is 10.2 Å². The zero-order valence-electron chi connectivity index (χ0n) is 19.9. The van der Waals surface area contributed by atoms with Crippen LogP contribution in [0, 0.1) is 11.8 Å². The highest BCUT2D eigenvalue weighted by Gasteiger charge is 2.35. The summed E-state index contributed by atoms with van der Waals surface area (Å²) in [5.41, 5.74) is -1.51. The van der Waals surface area contributed by atoms with Crippen molar-refractivity contribution in [3.05, 3.63) is 71.8 Å². The number of carbonyl (C=O) groups is 2. The summed E-state index contributed by atoms with van der Waals surface area (Å²) in [6, 6.07) is 17.6. The Bertz CT molecular complexity index is 836. The fraction of sp³-hybridized carbons (Fsp3) is 0.462. The number of ether oxygens (including phenoxy) is 2. The Labute approximate surface area is 191 Å². The molecule has 0 bridgehead atoms. The van der Waals surface area contributed by atoms with Gasteiger partial charge in [0.05, 0.1) is 11.1 Å². The first kappa shape index (κ1) is 25.2. The van der Waals surface area contributed by atoms with Gasteiger partial charge in [-0.25, -0.2) is 9.59 Å². The lowest BCUT2D eigenvalue weighted by Crippen LogP contribution is -2.35. The fourth-order valence-electron chi connectivity index (χ4n) is 3.60.